The molecule has 8 heteroatoms. The first-order valence-corrected chi connectivity index (χ1v) is 10.9. The third-order valence-electron chi connectivity index (χ3n) is 5.26. The SMILES string of the molecule is COC(=O)c1ccc(N2CCOCC2)c(NC(=S)NC(=O)c2ccc(C(C)(C)C)cc2)c1. The Balaban J connectivity index is 1.76. The first-order chi connectivity index (χ1) is 15.2. The molecule has 2 N–H and O–H groups in total. The number of amides is 1. The Kier molecular flexibility index (Phi) is 7.48. The van der Waals surface area contributed by atoms with Crippen LogP contribution in [-0.4, -0.2) is 50.4 Å². The standard InChI is InChI=1S/C24H29N3O4S/c1-24(2,3)18-8-5-16(6-9-18)21(28)26-23(32)25-19-15-17(22(29)30-4)7-10-20(19)27-11-13-31-14-12-27/h5-10,15H,11-14H2,1-4H3,(H2,25,26,28,32). The van der Waals surface area contributed by atoms with Crippen LogP contribution in [0.1, 0.15) is 47.1 Å². The molecule has 1 aliphatic rings. The first kappa shape index (κ1) is 23.7. The minimum absolute atomic E-state index is 0.00636. The average molecular weight is 456 g/mol. The molecule has 1 saturated heterocycles. The monoisotopic (exact) mass is 455 g/mol. The van der Waals surface area contributed by atoms with Gasteiger partial charge in [-0.3, -0.25) is 10.1 Å². The van der Waals surface area contributed by atoms with Crippen molar-refractivity contribution in [3.63, 3.8) is 0 Å². The zero-order chi connectivity index (χ0) is 23.3. The third-order valence-corrected chi connectivity index (χ3v) is 5.46. The van der Waals surface area contributed by atoms with Gasteiger partial charge in [0.2, 0.25) is 0 Å². The average Bonchev–Trinajstić information content (AvgIpc) is 2.78. The molecule has 0 radical (unpaired) electrons. The summed E-state index contributed by atoms with van der Waals surface area (Å²) in [7, 11) is 1.33. The minimum atomic E-state index is -0.449. The van der Waals surface area contributed by atoms with Gasteiger partial charge in [-0.25, -0.2) is 4.79 Å². The number of hydrogen-bond donors (Lipinski definition) is 2. The highest BCUT2D eigenvalue weighted by atomic mass is 32.1. The number of morpholine rings is 1. The Morgan fingerprint density at radius 1 is 1.03 bits per heavy atom. The molecule has 0 unspecified atom stereocenters. The molecule has 1 heterocycles. The van der Waals surface area contributed by atoms with Gasteiger partial charge in [-0.1, -0.05) is 32.9 Å². The van der Waals surface area contributed by atoms with Crippen molar-refractivity contribution in [2.45, 2.75) is 26.2 Å². The fourth-order valence-electron chi connectivity index (χ4n) is 3.41. The zero-order valence-electron chi connectivity index (χ0n) is 18.9. The fourth-order valence-corrected chi connectivity index (χ4v) is 3.61. The van der Waals surface area contributed by atoms with E-state index in [1.807, 2.05) is 18.2 Å². The summed E-state index contributed by atoms with van der Waals surface area (Å²) in [6, 6.07) is 12.7. The molecular weight excluding hydrogens is 426 g/mol. The van der Waals surface area contributed by atoms with Crippen molar-refractivity contribution in [1.82, 2.24) is 5.32 Å². The van der Waals surface area contributed by atoms with E-state index in [1.54, 1.807) is 24.3 Å². The van der Waals surface area contributed by atoms with E-state index in [4.69, 9.17) is 21.7 Å². The number of carbonyl (C=O) groups is 2. The van der Waals surface area contributed by atoms with Gasteiger partial charge < -0.3 is 19.7 Å². The van der Waals surface area contributed by atoms with E-state index in [1.165, 1.54) is 7.11 Å². The lowest BCUT2D eigenvalue weighted by atomic mass is 9.87. The summed E-state index contributed by atoms with van der Waals surface area (Å²) >= 11 is 5.39. The Bertz CT molecular complexity index is 993. The van der Waals surface area contributed by atoms with Gasteiger partial charge >= 0.3 is 5.97 Å². The Hall–Kier alpha value is -2.97. The molecule has 0 aromatic heterocycles. The highest BCUT2D eigenvalue weighted by Crippen LogP contribution is 2.28. The lowest BCUT2D eigenvalue weighted by Crippen LogP contribution is -2.38. The maximum absolute atomic E-state index is 12.7. The Morgan fingerprint density at radius 3 is 2.25 bits per heavy atom. The number of ether oxygens (including phenoxy) is 2. The zero-order valence-corrected chi connectivity index (χ0v) is 19.7. The second-order valence-corrected chi connectivity index (χ2v) is 8.97. The molecule has 2 aromatic carbocycles. The van der Waals surface area contributed by atoms with Crippen LogP contribution < -0.4 is 15.5 Å². The van der Waals surface area contributed by atoms with E-state index < -0.39 is 5.97 Å². The van der Waals surface area contributed by atoms with Crippen molar-refractivity contribution < 1.29 is 19.1 Å². The van der Waals surface area contributed by atoms with Crippen molar-refractivity contribution in [2.75, 3.05) is 43.6 Å². The highest BCUT2D eigenvalue weighted by Gasteiger charge is 2.19. The summed E-state index contributed by atoms with van der Waals surface area (Å²) in [5, 5.41) is 5.94. The van der Waals surface area contributed by atoms with Gasteiger partial charge in [-0.15, -0.1) is 0 Å². The molecule has 1 aliphatic heterocycles. The van der Waals surface area contributed by atoms with E-state index in [0.717, 1.165) is 11.3 Å². The van der Waals surface area contributed by atoms with Crippen molar-refractivity contribution in [3.05, 3.63) is 59.2 Å². The molecule has 170 valence electrons. The van der Waals surface area contributed by atoms with Gasteiger partial charge in [-0.05, 0) is 53.5 Å². The van der Waals surface area contributed by atoms with Gasteiger partial charge in [0.1, 0.15) is 0 Å². The molecule has 0 atom stereocenters. The van der Waals surface area contributed by atoms with Crippen molar-refractivity contribution in [1.29, 1.82) is 0 Å². The van der Waals surface area contributed by atoms with Crippen LogP contribution in [0.4, 0.5) is 11.4 Å². The van der Waals surface area contributed by atoms with Crippen LogP contribution in [0.5, 0.6) is 0 Å². The van der Waals surface area contributed by atoms with Crippen molar-refractivity contribution in [2.24, 2.45) is 0 Å². The van der Waals surface area contributed by atoms with Crippen LogP contribution in [0.2, 0.25) is 0 Å². The predicted molar refractivity (Wildman–Crippen MR) is 130 cm³/mol. The normalized spacial score (nSPS) is 13.9. The molecule has 7 nitrogen and oxygen atoms in total. The largest absolute Gasteiger partial charge is 0.465 e. The van der Waals surface area contributed by atoms with Gasteiger partial charge in [0, 0.05) is 18.7 Å². The number of benzene rings is 2. The van der Waals surface area contributed by atoms with Crippen LogP contribution in [0.15, 0.2) is 42.5 Å². The number of hydrogen-bond acceptors (Lipinski definition) is 6. The lowest BCUT2D eigenvalue weighted by molar-refractivity contribution is 0.0600. The summed E-state index contributed by atoms with van der Waals surface area (Å²) in [4.78, 5) is 26.8. The van der Waals surface area contributed by atoms with Crippen LogP contribution >= 0.6 is 12.2 Å². The van der Waals surface area contributed by atoms with Crippen LogP contribution in [0, 0.1) is 0 Å². The molecular formula is C24H29N3O4S. The van der Waals surface area contributed by atoms with E-state index in [2.05, 4.69) is 36.3 Å². The van der Waals surface area contributed by atoms with Crippen LogP contribution in [-0.2, 0) is 14.9 Å². The summed E-state index contributed by atoms with van der Waals surface area (Å²) in [5.41, 5.74) is 3.53. The lowest BCUT2D eigenvalue weighted by Gasteiger charge is -2.31. The molecule has 0 spiro atoms. The smallest absolute Gasteiger partial charge is 0.337 e. The summed E-state index contributed by atoms with van der Waals surface area (Å²) in [5.74, 6) is -0.754. The summed E-state index contributed by atoms with van der Waals surface area (Å²) in [6.45, 7) is 9.02. The van der Waals surface area contributed by atoms with Crippen LogP contribution in [0.3, 0.4) is 0 Å². The molecule has 32 heavy (non-hydrogen) atoms. The van der Waals surface area contributed by atoms with Gasteiger partial charge in [0.25, 0.3) is 5.91 Å². The van der Waals surface area contributed by atoms with E-state index in [-0.39, 0.29) is 16.4 Å². The minimum Gasteiger partial charge on any atom is -0.465 e. The number of nitrogens with zero attached hydrogens (tertiary/aromatic N) is 1. The number of methoxy groups -OCH3 is 1. The van der Waals surface area contributed by atoms with E-state index in [0.29, 0.717) is 43.1 Å². The molecule has 2 aromatic rings. The van der Waals surface area contributed by atoms with Gasteiger partial charge in [0.05, 0.1) is 37.3 Å². The number of nitrogens with one attached hydrogen (secondary N) is 2. The molecule has 1 amide bonds. The Labute approximate surface area is 194 Å². The number of esters is 1. The van der Waals surface area contributed by atoms with Gasteiger partial charge in [0.15, 0.2) is 5.11 Å². The fraction of sp³-hybridized carbons (Fsp3) is 0.375. The molecule has 0 aliphatic carbocycles. The molecule has 0 bridgehead atoms. The predicted octanol–water partition coefficient (Wildman–Crippen LogP) is 3.73. The van der Waals surface area contributed by atoms with E-state index >= 15 is 0 Å². The number of rotatable bonds is 4. The molecule has 1 fully saturated rings. The second kappa shape index (κ2) is 10.1. The van der Waals surface area contributed by atoms with Crippen LogP contribution in [0.25, 0.3) is 0 Å². The highest BCUT2D eigenvalue weighted by molar-refractivity contribution is 7.80. The number of carbonyl (C=O) groups excluding carboxylic acids is 2. The van der Waals surface area contributed by atoms with Crippen molar-refractivity contribution >= 4 is 40.6 Å². The van der Waals surface area contributed by atoms with E-state index in [9.17, 15) is 9.59 Å². The number of thiocarbonyl (C=S) groups is 1. The third kappa shape index (κ3) is 5.83. The van der Waals surface area contributed by atoms with Gasteiger partial charge in [-0.2, -0.15) is 0 Å². The maximum Gasteiger partial charge on any atom is 0.337 e. The summed E-state index contributed by atoms with van der Waals surface area (Å²) in [6.07, 6.45) is 0. The van der Waals surface area contributed by atoms with Crippen molar-refractivity contribution in [3.8, 4) is 0 Å². The quantitative estimate of drug-likeness (QED) is 0.537. The topological polar surface area (TPSA) is 79.9 Å². The maximum atomic E-state index is 12.7. The first-order valence-electron chi connectivity index (χ1n) is 10.5. The number of anilines is 2. The summed E-state index contributed by atoms with van der Waals surface area (Å²) < 4.78 is 10.3. The molecule has 0 saturated carbocycles. The molecule has 3 rings (SSSR count). The second-order valence-electron chi connectivity index (χ2n) is 8.56. The Morgan fingerprint density at radius 2 is 1.66 bits per heavy atom.